The fourth-order valence-electron chi connectivity index (χ4n) is 2.03. The summed E-state index contributed by atoms with van der Waals surface area (Å²) < 4.78 is 11.0. The zero-order chi connectivity index (χ0) is 19.0. The Morgan fingerprint density at radius 3 is 2.52 bits per heavy atom. The first kappa shape index (κ1) is 20.8. The van der Waals surface area contributed by atoms with Crippen molar-refractivity contribution in [3.05, 3.63) is 23.8 Å². The van der Waals surface area contributed by atoms with E-state index in [0.29, 0.717) is 36.0 Å². The molecular formula is C19H29NO5. The van der Waals surface area contributed by atoms with Crippen molar-refractivity contribution in [1.29, 1.82) is 0 Å². The van der Waals surface area contributed by atoms with E-state index in [1.165, 1.54) is 0 Å². The molecule has 0 saturated carbocycles. The van der Waals surface area contributed by atoms with Gasteiger partial charge >= 0.3 is 5.97 Å². The van der Waals surface area contributed by atoms with E-state index < -0.39 is 11.4 Å². The number of nitrogens with one attached hydrogen (secondary N) is 1. The maximum absolute atomic E-state index is 12.4. The molecule has 0 aliphatic rings. The van der Waals surface area contributed by atoms with Crippen molar-refractivity contribution in [2.24, 2.45) is 11.3 Å². The Bertz CT molecular complexity index is 595. The molecule has 0 aromatic heterocycles. The molecule has 0 unspecified atom stereocenters. The van der Waals surface area contributed by atoms with E-state index in [0.717, 1.165) is 6.42 Å². The van der Waals surface area contributed by atoms with Crippen LogP contribution in [0.5, 0.6) is 11.5 Å². The number of amides is 1. The summed E-state index contributed by atoms with van der Waals surface area (Å²) in [5.74, 6) is 0.409. The Kier molecular flexibility index (Phi) is 7.74. The second kappa shape index (κ2) is 9.30. The first-order valence-corrected chi connectivity index (χ1v) is 8.50. The average Bonchev–Trinajstić information content (AvgIpc) is 2.53. The number of carboxylic acid groups (broad SMARTS) is 1. The quantitative estimate of drug-likeness (QED) is 0.675. The standard InChI is InChI=1S/C19H29NO5/c1-13(2)8-11-25-16-12-14(24-5)6-7-15(16)17(21)20-10-9-19(3,4)18(22)23/h6-7,12-13H,8-11H2,1-5H3,(H,20,21)(H,22,23). The highest BCUT2D eigenvalue weighted by Crippen LogP contribution is 2.26. The summed E-state index contributed by atoms with van der Waals surface area (Å²) in [7, 11) is 1.56. The number of methoxy groups -OCH3 is 1. The summed E-state index contributed by atoms with van der Waals surface area (Å²) in [4.78, 5) is 23.6. The van der Waals surface area contributed by atoms with E-state index in [4.69, 9.17) is 14.6 Å². The summed E-state index contributed by atoms with van der Waals surface area (Å²) in [6, 6.07) is 5.04. The van der Waals surface area contributed by atoms with Crippen molar-refractivity contribution < 1.29 is 24.2 Å². The monoisotopic (exact) mass is 351 g/mol. The van der Waals surface area contributed by atoms with Gasteiger partial charge < -0.3 is 19.9 Å². The lowest BCUT2D eigenvalue weighted by Gasteiger charge is -2.19. The van der Waals surface area contributed by atoms with Gasteiger partial charge in [-0.1, -0.05) is 13.8 Å². The number of aliphatic carboxylic acids is 1. The number of hydrogen-bond donors (Lipinski definition) is 2. The van der Waals surface area contributed by atoms with Crippen LogP contribution in [0.25, 0.3) is 0 Å². The minimum absolute atomic E-state index is 0.273. The second-order valence-electron chi connectivity index (χ2n) is 7.09. The van der Waals surface area contributed by atoms with Gasteiger partial charge in [0.15, 0.2) is 0 Å². The Morgan fingerprint density at radius 1 is 1.28 bits per heavy atom. The van der Waals surface area contributed by atoms with Gasteiger partial charge in [0.25, 0.3) is 5.91 Å². The molecule has 1 aromatic rings. The Morgan fingerprint density at radius 2 is 1.96 bits per heavy atom. The van der Waals surface area contributed by atoms with E-state index in [-0.39, 0.29) is 12.5 Å². The normalized spacial score (nSPS) is 11.3. The third-order valence-corrected chi connectivity index (χ3v) is 4.00. The second-order valence-corrected chi connectivity index (χ2v) is 7.09. The van der Waals surface area contributed by atoms with Gasteiger partial charge in [-0.3, -0.25) is 9.59 Å². The van der Waals surface area contributed by atoms with E-state index in [1.807, 2.05) is 0 Å². The van der Waals surface area contributed by atoms with Gasteiger partial charge in [0.1, 0.15) is 11.5 Å². The molecule has 0 atom stereocenters. The van der Waals surface area contributed by atoms with Crippen molar-refractivity contribution >= 4 is 11.9 Å². The lowest BCUT2D eigenvalue weighted by Crippen LogP contribution is -2.32. The summed E-state index contributed by atoms with van der Waals surface area (Å²) in [6.45, 7) is 8.26. The maximum Gasteiger partial charge on any atom is 0.309 e. The molecule has 0 heterocycles. The molecule has 0 fully saturated rings. The van der Waals surface area contributed by atoms with E-state index >= 15 is 0 Å². The molecule has 0 aliphatic carbocycles. The van der Waals surface area contributed by atoms with Crippen LogP contribution in [0.15, 0.2) is 18.2 Å². The van der Waals surface area contributed by atoms with Crippen LogP contribution in [-0.2, 0) is 4.79 Å². The van der Waals surface area contributed by atoms with Gasteiger partial charge in [-0.2, -0.15) is 0 Å². The molecule has 6 heteroatoms. The largest absolute Gasteiger partial charge is 0.497 e. The number of carbonyl (C=O) groups excluding carboxylic acids is 1. The van der Waals surface area contributed by atoms with Crippen molar-refractivity contribution in [3.8, 4) is 11.5 Å². The van der Waals surface area contributed by atoms with Crippen LogP contribution in [0.4, 0.5) is 0 Å². The zero-order valence-electron chi connectivity index (χ0n) is 15.7. The molecule has 1 aromatic carbocycles. The van der Waals surface area contributed by atoms with E-state index in [1.54, 1.807) is 39.2 Å². The van der Waals surface area contributed by atoms with Crippen molar-refractivity contribution in [2.75, 3.05) is 20.3 Å². The first-order chi connectivity index (χ1) is 11.7. The van der Waals surface area contributed by atoms with Gasteiger partial charge in [-0.25, -0.2) is 0 Å². The third-order valence-electron chi connectivity index (χ3n) is 4.00. The van der Waals surface area contributed by atoms with E-state index in [9.17, 15) is 9.59 Å². The molecule has 0 spiro atoms. The fourth-order valence-corrected chi connectivity index (χ4v) is 2.03. The van der Waals surface area contributed by atoms with Crippen LogP contribution < -0.4 is 14.8 Å². The van der Waals surface area contributed by atoms with Crippen LogP contribution in [0.2, 0.25) is 0 Å². The van der Waals surface area contributed by atoms with Crippen molar-refractivity contribution in [1.82, 2.24) is 5.32 Å². The molecule has 0 aliphatic heterocycles. The van der Waals surface area contributed by atoms with Gasteiger partial charge in [0.2, 0.25) is 0 Å². The predicted octanol–water partition coefficient (Wildman–Crippen LogP) is 3.35. The van der Waals surface area contributed by atoms with Gasteiger partial charge in [-0.15, -0.1) is 0 Å². The summed E-state index contributed by atoms with van der Waals surface area (Å²) in [6.07, 6.45) is 1.22. The Hall–Kier alpha value is -2.24. The molecule has 25 heavy (non-hydrogen) atoms. The number of rotatable bonds is 10. The fraction of sp³-hybridized carbons (Fsp3) is 0.579. The lowest BCUT2D eigenvalue weighted by molar-refractivity contribution is -0.147. The van der Waals surface area contributed by atoms with Crippen LogP contribution in [-0.4, -0.2) is 37.2 Å². The highest BCUT2D eigenvalue weighted by Gasteiger charge is 2.26. The van der Waals surface area contributed by atoms with Crippen molar-refractivity contribution in [3.63, 3.8) is 0 Å². The molecule has 0 bridgehead atoms. The van der Waals surface area contributed by atoms with Gasteiger partial charge in [0.05, 0.1) is 24.7 Å². The molecular weight excluding hydrogens is 322 g/mol. The van der Waals surface area contributed by atoms with Crippen molar-refractivity contribution in [2.45, 2.75) is 40.5 Å². The molecule has 0 saturated heterocycles. The molecule has 6 nitrogen and oxygen atoms in total. The van der Waals surface area contributed by atoms with Crippen LogP contribution >= 0.6 is 0 Å². The number of carbonyl (C=O) groups is 2. The highest BCUT2D eigenvalue weighted by atomic mass is 16.5. The molecule has 2 N–H and O–H groups in total. The smallest absolute Gasteiger partial charge is 0.309 e. The lowest BCUT2D eigenvalue weighted by atomic mass is 9.90. The first-order valence-electron chi connectivity index (χ1n) is 8.50. The van der Waals surface area contributed by atoms with Gasteiger partial charge in [-0.05, 0) is 44.7 Å². The SMILES string of the molecule is COc1ccc(C(=O)NCCC(C)(C)C(=O)O)c(OCCC(C)C)c1. The van der Waals surface area contributed by atoms with Crippen LogP contribution in [0.1, 0.15) is 50.9 Å². The molecule has 1 rings (SSSR count). The molecule has 140 valence electrons. The maximum atomic E-state index is 12.4. The van der Waals surface area contributed by atoms with Crippen LogP contribution in [0.3, 0.4) is 0 Å². The minimum Gasteiger partial charge on any atom is -0.497 e. The Balaban J connectivity index is 2.77. The number of benzene rings is 1. The van der Waals surface area contributed by atoms with E-state index in [2.05, 4.69) is 19.2 Å². The zero-order valence-corrected chi connectivity index (χ0v) is 15.7. The highest BCUT2D eigenvalue weighted by molar-refractivity contribution is 5.97. The summed E-state index contributed by atoms with van der Waals surface area (Å²) in [5, 5.41) is 11.9. The number of hydrogen-bond acceptors (Lipinski definition) is 4. The molecule has 0 radical (unpaired) electrons. The van der Waals surface area contributed by atoms with Gasteiger partial charge in [0, 0.05) is 12.6 Å². The third kappa shape index (κ3) is 6.64. The predicted molar refractivity (Wildman–Crippen MR) is 96.3 cm³/mol. The summed E-state index contributed by atoms with van der Waals surface area (Å²) >= 11 is 0. The number of carboxylic acids is 1. The Labute approximate surface area is 149 Å². The van der Waals surface area contributed by atoms with Crippen LogP contribution in [0, 0.1) is 11.3 Å². The topological polar surface area (TPSA) is 84.9 Å². The number of ether oxygens (including phenoxy) is 2. The summed E-state index contributed by atoms with van der Waals surface area (Å²) in [5.41, 5.74) is -0.471. The minimum atomic E-state index is -0.885. The molecule has 1 amide bonds. The average molecular weight is 351 g/mol.